The van der Waals surface area contributed by atoms with Crippen molar-refractivity contribution in [2.24, 2.45) is 5.73 Å². The third-order valence-corrected chi connectivity index (χ3v) is 3.47. The summed E-state index contributed by atoms with van der Waals surface area (Å²) in [5.74, 6) is 0.177. The number of nitrogens with two attached hydrogens (primary N) is 1. The van der Waals surface area contributed by atoms with Gasteiger partial charge in [0.15, 0.2) is 0 Å². The van der Waals surface area contributed by atoms with Gasteiger partial charge in [-0.2, -0.15) is 0 Å². The normalized spacial score (nSPS) is 16.9. The van der Waals surface area contributed by atoms with E-state index in [0.717, 1.165) is 30.8 Å². The highest BCUT2D eigenvalue weighted by Crippen LogP contribution is 2.23. The number of hydrogen-bond acceptors (Lipinski definition) is 3. The van der Waals surface area contributed by atoms with Gasteiger partial charge in [-0.15, -0.1) is 0 Å². The molecule has 0 aliphatic carbocycles. The van der Waals surface area contributed by atoms with Crippen molar-refractivity contribution >= 4 is 11.6 Å². The lowest BCUT2D eigenvalue weighted by Gasteiger charge is -2.24. The van der Waals surface area contributed by atoms with Gasteiger partial charge in [-0.3, -0.25) is 4.79 Å². The fraction of sp³-hybridized carbons (Fsp3) is 0.500. The van der Waals surface area contributed by atoms with Crippen LogP contribution in [0.4, 0.5) is 5.69 Å². The SMILES string of the molecule is Cc1ccc(N2CCCN(C)C(=O)C2)c(CN)c1. The van der Waals surface area contributed by atoms with E-state index in [-0.39, 0.29) is 5.91 Å². The van der Waals surface area contributed by atoms with Crippen LogP contribution in [0.5, 0.6) is 0 Å². The molecule has 0 aromatic heterocycles. The van der Waals surface area contributed by atoms with Gasteiger partial charge in [-0.05, 0) is 25.0 Å². The maximum Gasteiger partial charge on any atom is 0.241 e. The molecule has 0 saturated carbocycles. The van der Waals surface area contributed by atoms with Gasteiger partial charge in [-0.1, -0.05) is 17.7 Å². The molecule has 1 aromatic carbocycles. The van der Waals surface area contributed by atoms with Crippen molar-refractivity contribution in [1.29, 1.82) is 0 Å². The largest absolute Gasteiger partial charge is 0.362 e. The molecule has 0 bridgehead atoms. The molecule has 1 aromatic rings. The first kappa shape index (κ1) is 12.9. The topological polar surface area (TPSA) is 49.6 Å². The number of hydrogen-bond donors (Lipinski definition) is 1. The van der Waals surface area contributed by atoms with E-state index >= 15 is 0 Å². The van der Waals surface area contributed by atoms with E-state index in [9.17, 15) is 4.79 Å². The zero-order valence-electron chi connectivity index (χ0n) is 11.1. The third-order valence-electron chi connectivity index (χ3n) is 3.47. The molecule has 2 rings (SSSR count). The van der Waals surface area contributed by atoms with Crippen LogP contribution in [0, 0.1) is 6.92 Å². The Morgan fingerprint density at radius 2 is 2.11 bits per heavy atom. The number of anilines is 1. The van der Waals surface area contributed by atoms with Crippen LogP contribution in [0.15, 0.2) is 18.2 Å². The van der Waals surface area contributed by atoms with Gasteiger partial charge in [0.25, 0.3) is 0 Å². The predicted molar refractivity (Wildman–Crippen MR) is 73.5 cm³/mol. The minimum Gasteiger partial charge on any atom is -0.362 e. The smallest absolute Gasteiger partial charge is 0.241 e. The molecule has 1 aliphatic heterocycles. The van der Waals surface area contributed by atoms with Gasteiger partial charge in [0.2, 0.25) is 5.91 Å². The lowest BCUT2D eigenvalue weighted by Crippen LogP contribution is -2.34. The van der Waals surface area contributed by atoms with Gasteiger partial charge in [0, 0.05) is 32.4 Å². The minimum atomic E-state index is 0.177. The number of rotatable bonds is 2. The van der Waals surface area contributed by atoms with Gasteiger partial charge in [0.1, 0.15) is 0 Å². The van der Waals surface area contributed by atoms with Crippen LogP contribution in [0.2, 0.25) is 0 Å². The molecule has 18 heavy (non-hydrogen) atoms. The summed E-state index contributed by atoms with van der Waals surface area (Å²) >= 11 is 0. The number of aryl methyl sites for hydroxylation is 1. The summed E-state index contributed by atoms with van der Waals surface area (Å²) in [5.41, 5.74) is 9.23. The Kier molecular flexibility index (Phi) is 3.87. The lowest BCUT2D eigenvalue weighted by molar-refractivity contribution is -0.127. The maximum absolute atomic E-state index is 11.9. The predicted octanol–water partition coefficient (Wildman–Crippen LogP) is 1.12. The Morgan fingerprint density at radius 1 is 1.33 bits per heavy atom. The van der Waals surface area contributed by atoms with Gasteiger partial charge < -0.3 is 15.5 Å². The monoisotopic (exact) mass is 247 g/mol. The van der Waals surface area contributed by atoms with Crippen molar-refractivity contribution in [2.45, 2.75) is 19.9 Å². The van der Waals surface area contributed by atoms with Gasteiger partial charge in [0.05, 0.1) is 6.54 Å². The standard InChI is InChI=1S/C14H21N3O/c1-11-4-5-13(12(8-11)9-15)17-7-3-6-16(2)14(18)10-17/h4-5,8H,3,6-7,9-10,15H2,1-2H3. The van der Waals surface area contributed by atoms with E-state index in [4.69, 9.17) is 5.73 Å². The first-order chi connectivity index (χ1) is 8.61. The molecule has 2 N–H and O–H groups in total. The third kappa shape index (κ3) is 2.64. The van der Waals surface area contributed by atoms with Gasteiger partial charge in [-0.25, -0.2) is 0 Å². The van der Waals surface area contributed by atoms with E-state index < -0.39 is 0 Å². The molecule has 4 heteroatoms. The van der Waals surface area contributed by atoms with E-state index in [0.29, 0.717) is 13.1 Å². The Hall–Kier alpha value is -1.55. The first-order valence-corrected chi connectivity index (χ1v) is 6.40. The molecule has 4 nitrogen and oxygen atoms in total. The van der Waals surface area contributed by atoms with Crippen LogP contribution < -0.4 is 10.6 Å². The Bertz CT molecular complexity index is 445. The number of carbonyl (C=O) groups is 1. The summed E-state index contributed by atoms with van der Waals surface area (Å²) < 4.78 is 0. The molecule has 1 amide bonds. The maximum atomic E-state index is 11.9. The molecule has 0 spiro atoms. The van der Waals surface area contributed by atoms with Crippen LogP contribution in [0.25, 0.3) is 0 Å². The molecule has 0 unspecified atom stereocenters. The first-order valence-electron chi connectivity index (χ1n) is 6.40. The number of likely N-dealkylation sites (N-methyl/N-ethyl adjacent to an activating group) is 1. The van der Waals surface area contributed by atoms with Crippen LogP contribution in [-0.2, 0) is 11.3 Å². The van der Waals surface area contributed by atoms with Crippen molar-refractivity contribution in [1.82, 2.24) is 4.90 Å². The Labute approximate surface area is 108 Å². The summed E-state index contributed by atoms with van der Waals surface area (Å²) in [6.07, 6.45) is 1.00. The van der Waals surface area contributed by atoms with E-state index in [1.165, 1.54) is 5.56 Å². The molecule has 1 saturated heterocycles. The fourth-order valence-corrected chi connectivity index (χ4v) is 2.38. The van der Waals surface area contributed by atoms with Crippen LogP contribution in [-0.4, -0.2) is 37.5 Å². The lowest BCUT2D eigenvalue weighted by atomic mass is 10.1. The van der Waals surface area contributed by atoms with Crippen LogP contribution in [0.3, 0.4) is 0 Å². The summed E-state index contributed by atoms with van der Waals surface area (Å²) in [4.78, 5) is 15.9. The fourth-order valence-electron chi connectivity index (χ4n) is 2.38. The molecule has 1 fully saturated rings. The number of carbonyl (C=O) groups excluding carboxylic acids is 1. The number of benzene rings is 1. The molecule has 0 radical (unpaired) electrons. The second-order valence-corrected chi connectivity index (χ2v) is 4.93. The van der Waals surface area contributed by atoms with Crippen molar-refractivity contribution in [2.75, 3.05) is 31.6 Å². The van der Waals surface area contributed by atoms with E-state index in [1.54, 1.807) is 4.90 Å². The van der Waals surface area contributed by atoms with Crippen molar-refractivity contribution in [3.05, 3.63) is 29.3 Å². The summed E-state index contributed by atoms with van der Waals surface area (Å²) in [6.45, 7) is 4.76. The minimum absolute atomic E-state index is 0.177. The molecular formula is C14H21N3O. The quantitative estimate of drug-likeness (QED) is 0.852. The van der Waals surface area contributed by atoms with E-state index in [2.05, 4.69) is 30.0 Å². The zero-order chi connectivity index (χ0) is 13.1. The zero-order valence-corrected chi connectivity index (χ0v) is 11.1. The number of amides is 1. The summed E-state index contributed by atoms with van der Waals surface area (Å²) in [7, 11) is 1.87. The van der Waals surface area contributed by atoms with E-state index in [1.807, 2.05) is 7.05 Å². The highest BCUT2D eigenvalue weighted by atomic mass is 16.2. The van der Waals surface area contributed by atoms with Crippen molar-refractivity contribution in [3.63, 3.8) is 0 Å². The Balaban J connectivity index is 2.27. The highest BCUT2D eigenvalue weighted by molar-refractivity contribution is 5.82. The summed E-state index contributed by atoms with van der Waals surface area (Å²) in [5, 5.41) is 0. The van der Waals surface area contributed by atoms with Crippen molar-refractivity contribution < 1.29 is 4.79 Å². The summed E-state index contributed by atoms with van der Waals surface area (Å²) in [6, 6.07) is 6.26. The average molecular weight is 247 g/mol. The highest BCUT2D eigenvalue weighted by Gasteiger charge is 2.20. The molecule has 1 heterocycles. The van der Waals surface area contributed by atoms with Crippen molar-refractivity contribution in [3.8, 4) is 0 Å². The van der Waals surface area contributed by atoms with Gasteiger partial charge >= 0.3 is 0 Å². The van der Waals surface area contributed by atoms with Crippen LogP contribution >= 0.6 is 0 Å². The molecular weight excluding hydrogens is 226 g/mol. The second kappa shape index (κ2) is 5.40. The Morgan fingerprint density at radius 3 is 2.83 bits per heavy atom. The van der Waals surface area contributed by atoms with Crippen LogP contribution in [0.1, 0.15) is 17.5 Å². The molecule has 0 atom stereocenters. The molecule has 1 aliphatic rings. The molecule has 98 valence electrons. The second-order valence-electron chi connectivity index (χ2n) is 4.93. The number of nitrogens with zero attached hydrogens (tertiary/aromatic N) is 2. The average Bonchev–Trinajstić information content (AvgIpc) is 2.52.